The summed E-state index contributed by atoms with van der Waals surface area (Å²) in [4.78, 5) is 6.84. The van der Waals surface area contributed by atoms with Crippen LogP contribution in [0.4, 0.5) is 0 Å². The highest BCUT2D eigenvalue weighted by Gasteiger charge is 2.25. The molecule has 2 rings (SSSR count). The average molecular weight is 247 g/mol. The van der Waals surface area contributed by atoms with Gasteiger partial charge >= 0.3 is 0 Å². The van der Waals surface area contributed by atoms with Crippen LogP contribution in [0.25, 0.3) is 0 Å². The van der Waals surface area contributed by atoms with Gasteiger partial charge in [0.05, 0.1) is 0 Å². The van der Waals surface area contributed by atoms with E-state index >= 15 is 0 Å². The number of nitrogens with zero attached hydrogens (tertiary/aromatic N) is 2. The fourth-order valence-corrected chi connectivity index (χ4v) is 2.70. The second kappa shape index (κ2) is 6.86. The van der Waals surface area contributed by atoms with Crippen molar-refractivity contribution in [3.8, 4) is 0 Å². The van der Waals surface area contributed by atoms with E-state index in [1.54, 1.807) is 0 Å². The number of hydrogen-bond acceptors (Lipinski definition) is 3. The van der Waals surface area contributed by atoms with Gasteiger partial charge in [0.2, 0.25) is 0 Å². The first-order valence-corrected chi connectivity index (χ1v) is 7.19. The van der Waals surface area contributed by atoms with Gasteiger partial charge in [-0.15, -0.1) is 0 Å². The maximum absolute atomic E-state index is 4.19. The van der Waals surface area contributed by atoms with Crippen LogP contribution in [0.1, 0.15) is 32.3 Å². The molecule has 0 aliphatic carbocycles. The van der Waals surface area contributed by atoms with E-state index in [9.17, 15) is 0 Å². The molecule has 0 amide bonds. The number of rotatable bonds is 5. The molecular weight excluding hydrogens is 222 g/mol. The number of hydrogen-bond donors (Lipinski definition) is 1. The first kappa shape index (κ1) is 13.5. The highest BCUT2D eigenvalue weighted by molar-refractivity contribution is 5.09. The molecular formula is C15H25N3. The summed E-state index contributed by atoms with van der Waals surface area (Å²) in [5.74, 6) is 0. The van der Waals surface area contributed by atoms with E-state index in [4.69, 9.17) is 0 Å². The van der Waals surface area contributed by atoms with Crippen LogP contribution in [0.2, 0.25) is 0 Å². The van der Waals surface area contributed by atoms with Crippen molar-refractivity contribution in [1.29, 1.82) is 0 Å². The zero-order chi connectivity index (χ0) is 12.8. The van der Waals surface area contributed by atoms with E-state index in [0.717, 1.165) is 19.5 Å². The van der Waals surface area contributed by atoms with E-state index in [0.29, 0.717) is 12.1 Å². The van der Waals surface area contributed by atoms with Crippen molar-refractivity contribution >= 4 is 0 Å². The Morgan fingerprint density at radius 1 is 1.39 bits per heavy atom. The third kappa shape index (κ3) is 3.53. The van der Waals surface area contributed by atoms with E-state index in [1.165, 1.54) is 24.9 Å². The lowest BCUT2D eigenvalue weighted by Crippen LogP contribution is -2.56. The molecule has 1 aliphatic rings. The third-order valence-corrected chi connectivity index (χ3v) is 3.99. The van der Waals surface area contributed by atoms with Crippen LogP contribution in [0, 0.1) is 0 Å². The molecule has 3 nitrogen and oxygen atoms in total. The molecule has 1 aliphatic heterocycles. The molecule has 100 valence electrons. The second-order valence-corrected chi connectivity index (χ2v) is 5.18. The topological polar surface area (TPSA) is 28.2 Å². The van der Waals surface area contributed by atoms with Gasteiger partial charge in [-0.2, -0.15) is 0 Å². The van der Waals surface area contributed by atoms with Crippen molar-refractivity contribution in [1.82, 2.24) is 15.2 Å². The average Bonchev–Trinajstić information content (AvgIpc) is 2.45. The van der Waals surface area contributed by atoms with E-state index in [1.807, 2.05) is 18.5 Å². The Kier molecular flexibility index (Phi) is 5.14. The quantitative estimate of drug-likeness (QED) is 0.863. The number of piperazine rings is 1. The Balaban J connectivity index is 1.88. The molecule has 0 spiro atoms. The van der Waals surface area contributed by atoms with E-state index < -0.39 is 0 Å². The summed E-state index contributed by atoms with van der Waals surface area (Å²) in [5.41, 5.74) is 1.35. The van der Waals surface area contributed by atoms with Crippen LogP contribution in [0.3, 0.4) is 0 Å². The first-order chi connectivity index (χ1) is 8.83. The first-order valence-electron chi connectivity index (χ1n) is 7.19. The highest BCUT2D eigenvalue weighted by Crippen LogP contribution is 2.13. The van der Waals surface area contributed by atoms with Crippen molar-refractivity contribution in [2.45, 2.75) is 45.2 Å². The fraction of sp³-hybridized carbons (Fsp3) is 0.667. The minimum Gasteiger partial charge on any atom is -0.311 e. The van der Waals surface area contributed by atoms with E-state index in [-0.39, 0.29) is 0 Å². The minimum atomic E-state index is 0.668. The van der Waals surface area contributed by atoms with E-state index in [2.05, 4.69) is 35.1 Å². The Morgan fingerprint density at radius 2 is 2.28 bits per heavy atom. The lowest BCUT2D eigenvalue weighted by molar-refractivity contribution is 0.126. The lowest BCUT2D eigenvalue weighted by Gasteiger charge is -2.40. The maximum Gasteiger partial charge on any atom is 0.0300 e. The SMILES string of the molecule is CCC1CN(CCc2cccnc2)C(CC)CN1. The second-order valence-electron chi connectivity index (χ2n) is 5.18. The van der Waals surface area contributed by atoms with Gasteiger partial charge < -0.3 is 5.32 Å². The zero-order valence-electron chi connectivity index (χ0n) is 11.6. The van der Waals surface area contributed by atoms with Crippen molar-refractivity contribution < 1.29 is 0 Å². The van der Waals surface area contributed by atoms with Crippen LogP contribution in [0.5, 0.6) is 0 Å². The van der Waals surface area contributed by atoms with Gasteiger partial charge in [0.1, 0.15) is 0 Å². The molecule has 2 unspecified atom stereocenters. The van der Waals surface area contributed by atoms with Crippen LogP contribution in [0.15, 0.2) is 24.5 Å². The van der Waals surface area contributed by atoms with Crippen LogP contribution < -0.4 is 5.32 Å². The normalized spacial score (nSPS) is 25.2. The molecule has 1 fully saturated rings. The summed E-state index contributed by atoms with van der Waals surface area (Å²) in [6.07, 6.45) is 7.40. The lowest BCUT2D eigenvalue weighted by atomic mass is 10.0. The molecule has 1 N–H and O–H groups in total. The molecule has 1 aromatic heterocycles. The minimum absolute atomic E-state index is 0.668. The molecule has 0 radical (unpaired) electrons. The summed E-state index contributed by atoms with van der Waals surface area (Å²) < 4.78 is 0. The van der Waals surface area contributed by atoms with Gasteiger partial charge in [0.15, 0.2) is 0 Å². The van der Waals surface area contributed by atoms with Gasteiger partial charge in [-0.3, -0.25) is 9.88 Å². The van der Waals surface area contributed by atoms with Gasteiger partial charge in [-0.1, -0.05) is 19.9 Å². The molecule has 18 heavy (non-hydrogen) atoms. The van der Waals surface area contributed by atoms with Crippen LogP contribution in [-0.4, -0.2) is 41.6 Å². The monoisotopic (exact) mass is 247 g/mol. The highest BCUT2D eigenvalue weighted by atomic mass is 15.2. The zero-order valence-corrected chi connectivity index (χ0v) is 11.6. The van der Waals surface area contributed by atoms with Crippen LogP contribution in [-0.2, 0) is 6.42 Å². The summed E-state index contributed by atoms with van der Waals surface area (Å²) >= 11 is 0. The Bertz CT molecular complexity index is 339. The Hall–Kier alpha value is -0.930. The number of pyridine rings is 1. The van der Waals surface area contributed by atoms with Gasteiger partial charge in [0.25, 0.3) is 0 Å². The van der Waals surface area contributed by atoms with Gasteiger partial charge in [0, 0.05) is 44.1 Å². The molecule has 0 aromatic carbocycles. The van der Waals surface area contributed by atoms with Crippen LogP contribution >= 0.6 is 0 Å². The Labute approximate surface area is 111 Å². The summed E-state index contributed by atoms with van der Waals surface area (Å²) in [5, 5.41) is 3.64. The molecule has 0 bridgehead atoms. The van der Waals surface area contributed by atoms with Crippen molar-refractivity contribution in [2.75, 3.05) is 19.6 Å². The summed E-state index contributed by atoms with van der Waals surface area (Å²) in [6.45, 7) is 8.04. The summed E-state index contributed by atoms with van der Waals surface area (Å²) in [6, 6.07) is 5.57. The predicted molar refractivity (Wildman–Crippen MR) is 75.7 cm³/mol. The molecule has 0 saturated carbocycles. The number of aromatic nitrogens is 1. The third-order valence-electron chi connectivity index (χ3n) is 3.99. The molecule has 1 aromatic rings. The van der Waals surface area contributed by atoms with Crippen molar-refractivity contribution in [3.05, 3.63) is 30.1 Å². The maximum atomic E-state index is 4.19. The smallest absolute Gasteiger partial charge is 0.0300 e. The van der Waals surface area contributed by atoms with Crippen molar-refractivity contribution in [2.24, 2.45) is 0 Å². The molecule has 3 heteroatoms. The largest absolute Gasteiger partial charge is 0.311 e. The summed E-state index contributed by atoms with van der Waals surface area (Å²) in [7, 11) is 0. The molecule has 2 heterocycles. The molecule has 1 saturated heterocycles. The molecule has 2 atom stereocenters. The predicted octanol–water partition coefficient (Wildman–Crippen LogP) is 2.09. The van der Waals surface area contributed by atoms with Gasteiger partial charge in [-0.25, -0.2) is 0 Å². The number of nitrogens with one attached hydrogen (secondary N) is 1. The van der Waals surface area contributed by atoms with Crippen molar-refractivity contribution in [3.63, 3.8) is 0 Å². The fourth-order valence-electron chi connectivity index (χ4n) is 2.70. The Morgan fingerprint density at radius 3 is 2.94 bits per heavy atom. The standard InChI is InChI=1S/C15H25N3/c1-3-14-12-18(15(4-2)11-17-14)9-7-13-6-5-8-16-10-13/h5-6,8,10,14-15,17H,3-4,7,9,11-12H2,1-2H3. The van der Waals surface area contributed by atoms with Gasteiger partial charge in [-0.05, 0) is 30.9 Å².